The quantitative estimate of drug-likeness (QED) is 0.484. The van der Waals surface area contributed by atoms with Crippen molar-refractivity contribution in [3.8, 4) is 5.75 Å². The van der Waals surface area contributed by atoms with Gasteiger partial charge in [0, 0.05) is 18.5 Å². The zero-order chi connectivity index (χ0) is 20.6. The average Bonchev–Trinajstić information content (AvgIpc) is 2.72. The molecule has 1 aliphatic heterocycles. The molecule has 2 aromatic rings. The Morgan fingerprint density at radius 3 is 2.79 bits per heavy atom. The van der Waals surface area contributed by atoms with Crippen LogP contribution in [0.15, 0.2) is 42.5 Å². The maximum Gasteiger partial charge on any atom is 0.262 e. The normalized spacial score (nSPS) is 13.0. The Labute approximate surface area is 170 Å². The summed E-state index contributed by atoms with van der Waals surface area (Å²) in [7, 11) is 2.04. The van der Waals surface area contributed by atoms with Crippen LogP contribution in [0.25, 0.3) is 0 Å². The number of fused-ring (bicyclic) bond motifs is 1. The van der Waals surface area contributed by atoms with Crippen molar-refractivity contribution in [3.05, 3.63) is 59.4 Å². The van der Waals surface area contributed by atoms with E-state index in [1.54, 1.807) is 24.3 Å². The highest BCUT2D eigenvalue weighted by Gasteiger charge is 2.17. The summed E-state index contributed by atoms with van der Waals surface area (Å²) in [5, 5.41) is 2.73. The number of likely N-dealkylation sites (N-methyl/N-ethyl adjacent to an activating group) is 1. The van der Waals surface area contributed by atoms with Crippen LogP contribution in [-0.2, 0) is 11.2 Å². The lowest BCUT2D eigenvalue weighted by Gasteiger charge is -2.18. The fraction of sp³-hybridized carbons (Fsp3) is 0.391. The number of carbonyl (C=O) groups excluding carboxylic acids is 2. The average molecular weight is 398 g/mol. The Kier molecular flexibility index (Phi) is 7.36. The first-order chi connectivity index (χ1) is 14.0. The van der Waals surface area contributed by atoms with Crippen molar-refractivity contribution in [2.45, 2.75) is 32.1 Å². The number of amides is 1. The molecule has 6 heteroatoms. The Morgan fingerprint density at radius 2 is 1.97 bits per heavy atom. The standard InChI is InChI=1S/C23H27FN2O3/c1-26(14-12-17-7-4-5-8-19(17)24)13-6-2-3-9-21(27)18-10-11-22-20(15-18)25-23(28)16-29-22/h4-5,7-8,10-11,15H,2-3,6,9,12-14,16H2,1H3,(H,25,28). The SMILES string of the molecule is CN(CCCCCC(=O)c1ccc2c(c1)NC(=O)CO2)CCc1ccccc1F. The van der Waals surface area contributed by atoms with Crippen LogP contribution in [0.1, 0.15) is 41.6 Å². The van der Waals surface area contributed by atoms with E-state index in [0.717, 1.165) is 37.9 Å². The molecular formula is C23H27FN2O3. The third-order valence-electron chi connectivity index (χ3n) is 5.10. The predicted octanol–water partition coefficient (Wildman–Crippen LogP) is 4.07. The minimum atomic E-state index is -0.207. The highest BCUT2D eigenvalue weighted by atomic mass is 19.1. The third kappa shape index (κ3) is 6.12. The zero-order valence-corrected chi connectivity index (χ0v) is 16.7. The van der Waals surface area contributed by atoms with E-state index >= 15 is 0 Å². The molecule has 0 radical (unpaired) electrons. The van der Waals surface area contributed by atoms with Gasteiger partial charge in [0.1, 0.15) is 11.6 Å². The first-order valence-corrected chi connectivity index (χ1v) is 10.0. The van der Waals surface area contributed by atoms with Crippen LogP contribution < -0.4 is 10.1 Å². The molecule has 1 aliphatic rings. The van der Waals surface area contributed by atoms with Crippen molar-refractivity contribution in [1.29, 1.82) is 0 Å². The van der Waals surface area contributed by atoms with Crippen molar-refractivity contribution < 1.29 is 18.7 Å². The highest BCUT2D eigenvalue weighted by molar-refractivity contribution is 6.00. The summed E-state index contributed by atoms with van der Waals surface area (Å²) in [4.78, 5) is 26.0. The fourth-order valence-corrected chi connectivity index (χ4v) is 3.37. The van der Waals surface area contributed by atoms with Crippen molar-refractivity contribution >= 4 is 17.4 Å². The lowest BCUT2D eigenvalue weighted by Crippen LogP contribution is -2.25. The number of ketones is 1. The number of carbonyl (C=O) groups is 2. The molecule has 0 saturated heterocycles. The number of benzene rings is 2. The van der Waals surface area contributed by atoms with E-state index < -0.39 is 0 Å². The van der Waals surface area contributed by atoms with Gasteiger partial charge < -0.3 is 15.0 Å². The van der Waals surface area contributed by atoms with E-state index in [1.165, 1.54) is 6.07 Å². The molecule has 0 fully saturated rings. The van der Waals surface area contributed by atoms with E-state index in [2.05, 4.69) is 10.2 Å². The highest BCUT2D eigenvalue weighted by Crippen LogP contribution is 2.29. The molecule has 3 rings (SSSR count). The van der Waals surface area contributed by atoms with Crippen LogP contribution in [0, 0.1) is 5.82 Å². The molecule has 0 aliphatic carbocycles. The Morgan fingerprint density at radius 1 is 1.14 bits per heavy atom. The predicted molar refractivity (Wildman–Crippen MR) is 111 cm³/mol. The van der Waals surface area contributed by atoms with Crippen molar-refractivity contribution in [2.24, 2.45) is 0 Å². The van der Waals surface area contributed by atoms with Crippen molar-refractivity contribution in [3.63, 3.8) is 0 Å². The second-order valence-corrected chi connectivity index (χ2v) is 7.43. The summed E-state index contributed by atoms with van der Waals surface area (Å²) in [6.07, 6.45) is 3.95. The Balaban J connectivity index is 1.34. The smallest absolute Gasteiger partial charge is 0.262 e. The number of halogens is 1. The molecule has 1 N–H and O–H groups in total. The number of Topliss-reactive ketones (excluding diaryl/α,β-unsaturated/α-hetero) is 1. The van der Waals surface area contributed by atoms with E-state index in [1.807, 2.05) is 19.2 Å². The topological polar surface area (TPSA) is 58.6 Å². The molecule has 0 spiro atoms. The van der Waals surface area contributed by atoms with Crippen LogP contribution in [0.5, 0.6) is 5.75 Å². The number of ether oxygens (including phenoxy) is 1. The molecule has 0 bridgehead atoms. The van der Waals surface area contributed by atoms with Gasteiger partial charge in [-0.1, -0.05) is 24.6 Å². The molecule has 2 aromatic carbocycles. The number of rotatable bonds is 10. The van der Waals surface area contributed by atoms with Crippen molar-refractivity contribution in [1.82, 2.24) is 4.90 Å². The number of nitrogens with zero attached hydrogens (tertiary/aromatic N) is 1. The number of anilines is 1. The Bertz CT molecular complexity index is 869. The molecular weight excluding hydrogens is 371 g/mol. The first-order valence-electron chi connectivity index (χ1n) is 10.0. The molecule has 0 unspecified atom stereocenters. The van der Waals surface area contributed by atoms with Crippen LogP contribution >= 0.6 is 0 Å². The second-order valence-electron chi connectivity index (χ2n) is 7.43. The van der Waals surface area contributed by atoms with E-state index in [-0.39, 0.29) is 24.1 Å². The molecule has 29 heavy (non-hydrogen) atoms. The van der Waals surface area contributed by atoms with Gasteiger partial charge in [0.05, 0.1) is 5.69 Å². The second kappa shape index (κ2) is 10.2. The molecule has 0 saturated carbocycles. The van der Waals surface area contributed by atoms with Crippen molar-refractivity contribution in [2.75, 3.05) is 32.1 Å². The largest absolute Gasteiger partial charge is 0.482 e. The molecule has 1 amide bonds. The maximum absolute atomic E-state index is 13.6. The van der Waals surface area contributed by atoms with Crippen LogP contribution in [0.3, 0.4) is 0 Å². The molecule has 0 aromatic heterocycles. The Hall–Kier alpha value is -2.73. The van der Waals surface area contributed by atoms with E-state index in [0.29, 0.717) is 29.8 Å². The zero-order valence-electron chi connectivity index (χ0n) is 16.7. The first kappa shape index (κ1) is 21.0. The van der Waals surface area contributed by atoms with E-state index in [9.17, 15) is 14.0 Å². The summed E-state index contributed by atoms with van der Waals surface area (Å²) in [5.41, 5.74) is 1.90. The van der Waals surface area contributed by atoms with Crippen LogP contribution in [0.4, 0.5) is 10.1 Å². The number of hydrogen-bond donors (Lipinski definition) is 1. The number of hydrogen-bond acceptors (Lipinski definition) is 4. The number of nitrogens with one attached hydrogen (secondary N) is 1. The summed E-state index contributed by atoms with van der Waals surface area (Å²) < 4.78 is 19.0. The van der Waals surface area contributed by atoms with Gasteiger partial charge in [0.15, 0.2) is 12.4 Å². The number of unbranched alkanes of at least 4 members (excludes halogenated alkanes) is 2. The van der Waals surface area contributed by atoms with Crippen LogP contribution in [0.2, 0.25) is 0 Å². The summed E-state index contributed by atoms with van der Waals surface area (Å²) in [6, 6.07) is 12.0. The van der Waals surface area contributed by atoms with Gasteiger partial charge >= 0.3 is 0 Å². The van der Waals surface area contributed by atoms with E-state index in [4.69, 9.17) is 4.74 Å². The van der Waals surface area contributed by atoms with Gasteiger partial charge in [-0.25, -0.2) is 4.39 Å². The molecule has 1 heterocycles. The van der Waals surface area contributed by atoms with Gasteiger partial charge in [0.25, 0.3) is 5.91 Å². The monoisotopic (exact) mass is 398 g/mol. The van der Waals surface area contributed by atoms with Gasteiger partial charge in [-0.3, -0.25) is 9.59 Å². The van der Waals surface area contributed by atoms with Gasteiger partial charge in [0.2, 0.25) is 0 Å². The summed E-state index contributed by atoms with van der Waals surface area (Å²) in [6.45, 7) is 1.74. The van der Waals surface area contributed by atoms with Gasteiger partial charge in [-0.2, -0.15) is 0 Å². The fourth-order valence-electron chi connectivity index (χ4n) is 3.37. The minimum Gasteiger partial charge on any atom is -0.482 e. The summed E-state index contributed by atoms with van der Waals surface area (Å²) in [5.74, 6) is 0.314. The lowest BCUT2D eigenvalue weighted by molar-refractivity contribution is -0.118. The molecule has 154 valence electrons. The van der Waals surface area contributed by atoms with Gasteiger partial charge in [-0.05, 0) is 62.7 Å². The lowest BCUT2D eigenvalue weighted by atomic mass is 10.0. The third-order valence-corrected chi connectivity index (χ3v) is 5.10. The molecule has 0 atom stereocenters. The molecule has 5 nitrogen and oxygen atoms in total. The van der Waals surface area contributed by atoms with Gasteiger partial charge in [-0.15, -0.1) is 0 Å². The van der Waals surface area contributed by atoms with Crippen LogP contribution in [-0.4, -0.2) is 43.3 Å². The maximum atomic E-state index is 13.6. The summed E-state index contributed by atoms with van der Waals surface area (Å²) >= 11 is 0. The minimum absolute atomic E-state index is 0.00896.